The van der Waals surface area contributed by atoms with Crippen LogP contribution in [0.25, 0.3) is 6.08 Å². The Morgan fingerprint density at radius 2 is 2.21 bits per heavy atom. The quantitative estimate of drug-likeness (QED) is 0.542. The van der Waals surface area contributed by atoms with Crippen LogP contribution in [0, 0.1) is 0 Å². The lowest BCUT2D eigenvalue weighted by atomic mass is 10.1. The summed E-state index contributed by atoms with van der Waals surface area (Å²) < 4.78 is 0.241. The zero-order valence-corrected chi connectivity index (χ0v) is 16.5. The Bertz CT molecular complexity index is 724. The smallest absolute Gasteiger partial charge is 0.326 e. The molecule has 1 fully saturated rings. The fourth-order valence-electron chi connectivity index (χ4n) is 2.10. The summed E-state index contributed by atoms with van der Waals surface area (Å²) in [6.45, 7) is 0. The van der Waals surface area contributed by atoms with Gasteiger partial charge in [0, 0.05) is 10.0 Å². The highest BCUT2D eigenvalue weighted by Gasteiger charge is 2.40. The number of aliphatic carboxylic acids is 1. The molecule has 1 aromatic carbocycles. The monoisotopic (exact) mass is 421 g/mol. The molecule has 0 unspecified atom stereocenters. The molecule has 0 saturated carbocycles. The predicted molar refractivity (Wildman–Crippen MR) is 106 cm³/mol. The number of hydrogen-bond donors (Lipinski definition) is 1. The second kappa shape index (κ2) is 8.58. The van der Waals surface area contributed by atoms with Gasteiger partial charge in [0.15, 0.2) is 0 Å². The summed E-state index contributed by atoms with van der Waals surface area (Å²) in [5.74, 6) is -0.855. The van der Waals surface area contributed by atoms with Crippen molar-refractivity contribution in [1.29, 1.82) is 0 Å². The zero-order chi connectivity index (χ0) is 17.9. The molecule has 0 spiro atoms. The molecule has 2 rings (SSSR count). The number of benzene rings is 1. The Kier molecular flexibility index (Phi) is 7.00. The molecular weight excluding hydrogens is 409 g/mol. The van der Waals surface area contributed by atoms with Crippen LogP contribution in [0.4, 0.5) is 0 Å². The summed E-state index contributed by atoms with van der Waals surface area (Å²) in [4.78, 5) is 25.7. The molecule has 1 aliphatic rings. The number of halogens is 2. The lowest BCUT2D eigenvalue weighted by Gasteiger charge is -2.22. The molecule has 1 amide bonds. The van der Waals surface area contributed by atoms with Gasteiger partial charge in [-0.15, -0.1) is 0 Å². The highest BCUT2D eigenvalue weighted by molar-refractivity contribution is 8.26. The lowest BCUT2D eigenvalue weighted by Crippen LogP contribution is -2.44. The summed E-state index contributed by atoms with van der Waals surface area (Å²) in [5, 5.41) is 10.3. The molecule has 1 saturated heterocycles. The third-order valence-corrected chi connectivity index (χ3v) is 5.80. The first-order valence-electron chi connectivity index (χ1n) is 6.79. The first-order valence-corrected chi connectivity index (χ1v) is 10.2. The largest absolute Gasteiger partial charge is 0.480 e. The second-order valence-electron chi connectivity index (χ2n) is 4.85. The molecule has 1 heterocycles. The molecule has 9 heteroatoms. The maximum absolute atomic E-state index is 12.6. The van der Waals surface area contributed by atoms with Crippen molar-refractivity contribution in [2.75, 3.05) is 12.0 Å². The van der Waals surface area contributed by atoms with Gasteiger partial charge in [0.2, 0.25) is 0 Å². The number of thioether (sulfide) groups is 2. The number of amides is 1. The van der Waals surface area contributed by atoms with Gasteiger partial charge in [-0.1, -0.05) is 53.2 Å². The van der Waals surface area contributed by atoms with E-state index >= 15 is 0 Å². The van der Waals surface area contributed by atoms with Crippen molar-refractivity contribution in [3.8, 4) is 0 Å². The first kappa shape index (κ1) is 19.6. The number of hydrogen-bond acceptors (Lipinski definition) is 5. The van der Waals surface area contributed by atoms with E-state index in [1.807, 2.05) is 6.26 Å². The van der Waals surface area contributed by atoms with Crippen molar-refractivity contribution in [2.45, 2.75) is 12.5 Å². The average molecular weight is 422 g/mol. The van der Waals surface area contributed by atoms with E-state index in [0.717, 1.165) is 11.8 Å². The lowest BCUT2D eigenvalue weighted by molar-refractivity contribution is -0.145. The van der Waals surface area contributed by atoms with Gasteiger partial charge in [-0.25, -0.2) is 4.79 Å². The number of carbonyl (C=O) groups excluding carboxylic acids is 1. The third kappa shape index (κ3) is 4.46. The van der Waals surface area contributed by atoms with E-state index in [2.05, 4.69) is 0 Å². The van der Waals surface area contributed by atoms with Gasteiger partial charge < -0.3 is 5.11 Å². The number of thiocarbonyl (C=S) groups is 1. The molecule has 1 atom stereocenters. The van der Waals surface area contributed by atoms with E-state index < -0.39 is 17.9 Å². The minimum atomic E-state index is -1.06. The molecule has 0 aromatic heterocycles. The Morgan fingerprint density at radius 3 is 2.79 bits per heavy atom. The fourth-order valence-corrected chi connectivity index (χ4v) is 4.37. The van der Waals surface area contributed by atoms with Gasteiger partial charge in [0.1, 0.15) is 10.4 Å². The summed E-state index contributed by atoms with van der Waals surface area (Å²) in [7, 11) is 0. The van der Waals surface area contributed by atoms with Crippen LogP contribution in [-0.2, 0) is 9.59 Å². The van der Waals surface area contributed by atoms with E-state index in [4.69, 9.17) is 35.4 Å². The van der Waals surface area contributed by atoms with Crippen LogP contribution in [0.3, 0.4) is 0 Å². The SMILES string of the molecule is CSCC[C@H](C(=O)O)N1C(=O)/C(=C\c2ccc(Cl)cc2Cl)SC1=S. The number of carboxylic acids is 1. The molecule has 24 heavy (non-hydrogen) atoms. The van der Waals surface area contributed by atoms with Gasteiger partial charge in [0.25, 0.3) is 5.91 Å². The molecule has 1 N–H and O–H groups in total. The van der Waals surface area contributed by atoms with E-state index in [1.54, 1.807) is 24.3 Å². The van der Waals surface area contributed by atoms with Crippen LogP contribution in [0.5, 0.6) is 0 Å². The second-order valence-corrected chi connectivity index (χ2v) is 8.36. The Labute approximate surface area is 163 Å². The van der Waals surface area contributed by atoms with Gasteiger partial charge in [-0.3, -0.25) is 9.69 Å². The number of carbonyl (C=O) groups is 2. The van der Waals surface area contributed by atoms with E-state index in [1.165, 1.54) is 16.7 Å². The molecule has 4 nitrogen and oxygen atoms in total. The molecule has 0 bridgehead atoms. The van der Waals surface area contributed by atoms with Gasteiger partial charge in [0.05, 0.1) is 4.91 Å². The zero-order valence-electron chi connectivity index (χ0n) is 12.5. The van der Waals surface area contributed by atoms with Crippen molar-refractivity contribution in [3.05, 3.63) is 38.7 Å². The van der Waals surface area contributed by atoms with E-state index in [0.29, 0.717) is 32.7 Å². The standard InChI is InChI=1S/C15H13Cl2NO3S3/c1-23-5-4-11(14(20)21)18-13(19)12(24-15(18)22)6-8-2-3-9(16)7-10(8)17/h2-3,6-7,11H,4-5H2,1H3,(H,20,21)/b12-6+/t11-/m1/s1. The van der Waals surface area contributed by atoms with Crippen molar-refractivity contribution < 1.29 is 14.7 Å². The number of rotatable bonds is 6. The van der Waals surface area contributed by atoms with Crippen LogP contribution in [0.1, 0.15) is 12.0 Å². The van der Waals surface area contributed by atoms with Crippen molar-refractivity contribution in [1.82, 2.24) is 4.90 Å². The van der Waals surface area contributed by atoms with Gasteiger partial charge in [-0.05, 0) is 42.2 Å². The molecule has 0 radical (unpaired) electrons. The summed E-state index contributed by atoms with van der Waals surface area (Å²) >= 11 is 19.8. The van der Waals surface area contributed by atoms with Crippen LogP contribution < -0.4 is 0 Å². The number of carboxylic acid groups (broad SMARTS) is 1. The summed E-state index contributed by atoms with van der Waals surface area (Å²) in [6.07, 6.45) is 3.81. The number of nitrogens with zero attached hydrogens (tertiary/aromatic N) is 1. The van der Waals surface area contributed by atoms with Crippen LogP contribution in [-0.4, -0.2) is 44.3 Å². The topological polar surface area (TPSA) is 57.6 Å². The maximum Gasteiger partial charge on any atom is 0.326 e. The Morgan fingerprint density at radius 1 is 1.50 bits per heavy atom. The molecule has 0 aliphatic carbocycles. The maximum atomic E-state index is 12.6. The molecule has 128 valence electrons. The minimum Gasteiger partial charge on any atom is -0.480 e. The first-order chi connectivity index (χ1) is 11.3. The summed E-state index contributed by atoms with van der Waals surface area (Å²) in [5.41, 5.74) is 0.623. The van der Waals surface area contributed by atoms with Crippen LogP contribution in [0.2, 0.25) is 10.0 Å². The van der Waals surface area contributed by atoms with E-state index in [9.17, 15) is 14.7 Å². The van der Waals surface area contributed by atoms with Crippen LogP contribution in [0.15, 0.2) is 23.1 Å². The van der Waals surface area contributed by atoms with Gasteiger partial charge in [-0.2, -0.15) is 11.8 Å². The third-order valence-electron chi connectivity index (χ3n) is 3.26. The molecule has 1 aliphatic heterocycles. The fraction of sp³-hybridized carbons (Fsp3) is 0.267. The van der Waals surface area contributed by atoms with E-state index in [-0.39, 0.29) is 4.32 Å². The minimum absolute atomic E-state index is 0.241. The normalized spacial score (nSPS) is 17.6. The molecular formula is C15H13Cl2NO3S3. The van der Waals surface area contributed by atoms with Crippen molar-refractivity contribution in [3.63, 3.8) is 0 Å². The van der Waals surface area contributed by atoms with Crippen molar-refractivity contribution in [2.24, 2.45) is 0 Å². The highest BCUT2D eigenvalue weighted by atomic mass is 35.5. The summed E-state index contributed by atoms with van der Waals surface area (Å²) in [6, 6.07) is 3.98. The highest BCUT2D eigenvalue weighted by Crippen LogP contribution is 2.36. The Hall–Kier alpha value is -0.730. The molecule has 1 aromatic rings. The van der Waals surface area contributed by atoms with Crippen molar-refractivity contribution >= 4 is 81.2 Å². The van der Waals surface area contributed by atoms with Crippen LogP contribution >= 0.6 is 58.9 Å². The predicted octanol–water partition coefficient (Wildman–Crippen LogP) is 4.40. The average Bonchev–Trinajstić information content (AvgIpc) is 2.78. The Balaban J connectivity index is 2.30. The van der Waals surface area contributed by atoms with Gasteiger partial charge >= 0.3 is 5.97 Å².